The van der Waals surface area contributed by atoms with Crippen molar-refractivity contribution in [3.63, 3.8) is 0 Å². The number of methoxy groups -OCH3 is 2. The molecule has 0 bridgehead atoms. The Morgan fingerprint density at radius 3 is 2.73 bits per heavy atom. The lowest BCUT2D eigenvalue weighted by Gasteiger charge is -2.15. The van der Waals surface area contributed by atoms with Crippen LogP contribution in [0, 0.1) is 0 Å². The van der Waals surface area contributed by atoms with Gasteiger partial charge < -0.3 is 14.8 Å². The van der Waals surface area contributed by atoms with Crippen molar-refractivity contribution >= 4 is 21.6 Å². The fourth-order valence-electron chi connectivity index (χ4n) is 1.33. The molecule has 84 valence electrons. The second-order valence-electron chi connectivity index (χ2n) is 3.35. The number of rotatable bonds is 5. The lowest BCUT2D eigenvalue weighted by Crippen LogP contribution is -2.20. The van der Waals surface area contributed by atoms with Gasteiger partial charge in [0.25, 0.3) is 0 Å². The molecule has 15 heavy (non-hydrogen) atoms. The molecule has 0 unspecified atom stereocenters. The molecule has 0 aliphatic rings. The van der Waals surface area contributed by atoms with Crippen molar-refractivity contribution in [2.24, 2.45) is 0 Å². The van der Waals surface area contributed by atoms with Crippen LogP contribution in [0.5, 0.6) is 5.75 Å². The van der Waals surface area contributed by atoms with E-state index in [9.17, 15) is 0 Å². The number of hydrogen-bond acceptors (Lipinski definition) is 3. The van der Waals surface area contributed by atoms with Crippen LogP contribution in [0.4, 0.5) is 5.69 Å². The number of nitrogens with one attached hydrogen (secondary N) is 1. The average molecular weight is 274 g/mol. The van der Waals surface area contributed by atoms with Crippen molar-refractivity contribution in [1.29, 1.82) is 0 Å². The molecular formula is C11H16BrNO2. The molecule has 0 spiro atoms. The Morgan fingerprint density at radius 1 is 1.40 bits per heavy atom. The van der Waals surface area contributed by atoms with Crippen molar-refractivity contribution in [2.75, 3.05) is 26.1 Å². The highest BCUT2D eigenvalue weighted by atomic mass is 79.9. The third-order valence-electron chi connectivity index (χ3n) is 1.98. The number of ether oxygens (including phenoxy) is 2. The van der Waals surface area contributed by atoms with Gasteiger partial charge in [-0.05, 0) is 35.0 Å². The molecule has 1 aromatic rings. The minimum absolute atomic E-state index is 0.279. The molecule has 3 nitrogen and oxygen atoms in total. The minimum Gasteiger partial charge on any atom is -0.495 e. The van der Waals surface area contributed by atoms with Crippen molar-refractivity contribution in [1.82, 2.24) is 0 Å². The summed E-state index contributed by atoms with van der Waals surface area (Å²) in [5, 5.41) is 3.32. The molecule has 1 aromatic carbocycles. The summed E-state index contributed by atoms with van der Waals surface area (Å²) in [7, 11) is 3.35. The van der Waals surface area contributed by atoms with Gasteiger partial charge in [-0.25, -0.2) is 0 Å². The monoisotopic (exact) mass is 273 g/mol. The zero-order chi connectivity index (χ0) is 11.3. The Labute approximate surface area is 98.9 Å². The van der Waals surface area contributed by atoms with Crippen molar-refractivity contribution in [2.45, 2.75) is 13.0 Å². The Morgan fingerprint density at radius 2 is 2.13 bits per heavy atom. The van der Waals surface area contributed by atoms with Crippen LogP contribution in [-0.4, -0.2) is 26.9 Å². The van der Waals surface area contributed by atoms with Crippen molar-refractivity contribution < 1.29 is 9.47 Å². The first kappa shape index (κ1) is 12.3. The van der Waals surface area contributed by atoms with Gasteiger partial charge in [-0.2, -0.15) is 0 Å². The third kappa shape index (κ3) is 3.72. The molecule has 0 amide bonds. The second kappa shape index (κ2) is 5.98. The van der Waals surface area contributed by atoms with Gasteiger partial charge >= 0.3 is 0 Å². The highest BCUT2D eigenvalue weighted by molar-refractivity contribution is 9.10. The highest BCUT2D eigenvalue weighted by Gasteiger charge is 2.04. The normalized spacial score (nSPS) is 12.3. The van der Waals surface area contributed by atoms with E-state index in [1.807, 2.05) is 18.2 Å². The van der Waals surface area contributed by atoms with Gasteiger partial charge in [-0.15, -0.1) is 0 Å². The van der Waals surface area contributed by atoms with E-state index in [1.54, 1.807) is 14.2 Å². The number of hydrogen-bond donors (Lipinski definition) is 1. The summed E-state index contributed by atoms with van der Waals surface area (Å²) in [6.45, 7) is 2.75. The molecule has 0 fully saturated rings. The SMILES string of the molecule is COC[C@@H](C)Nc1ccc(Br)c(OC)c1. The van der Waals surface area contributed by atoms with E-state index in [4.69, 9.17) is 9.47 Å². The van der Waals surface area contributed by atoms with Crippen LogP contribution in [0.25, 0.3) is 0 Å². The van der Waals surface area contributed by atoms with Crippen molar-refractivity contribution in [3.05, 3.63) is 22.7 Å². The van der Waals surface area contributed by atoms with E-state index < -0.39 is 0 Å². The van der Waals surface area contributed by atoms with E-state index in [-0.39, 0.29) is 6.04 Å². The molecule has 1 N–H and O–H groups in total. The van der Waals surface area contributed by atoms with Crippen LogP contribution in [0.3, 0.4) is 0 Å². The van der Waals surface area contributed by atoms with Crippen LogP contribution in [0.1, 0.15) is 6.92 Å². The van der Waals surface area contributed by atoms with Gasteiger partial charge in [0.2, 0.25) is 0 Å². The Hall–Kier alpha value is -0.740. The lowest BCUT2D eigenvalue weighted by molar-refractivity contribution is 0.190. The smallest absolute Gasteiger partial charge is 0.135 e. The summed E-state index contributed by atoms with van der Waals surface area (Å²) in [5.74, 6) is 0.824. The van der Waals surface area contributed by atoms with E-state index in [0.29, 0.717) is 6.61 Å². The van der Waals surface area contributed by atoms with Crippen LogP contribution in [0.15, 0.2) is 22.7 Å². The number of anilines is 1. The van der Waals surface area contributed by atoms with Crippen molar-refractivity contribution in [3.8, 4) is 5.75 Å². The predicted octanol–water partition coefficient (Wildman–Crippen LogP) is 2.90. The standard InChI is InChI=1S/C11H16BrNO2/c1-8(7-14-2)13-9-4-5-10(12)11(6-9)15-3/h4-6,8,13H,7H2,1-3H3/t8-/m1/s1. The van der Waals surface area contributed by atoms with Gasteiger partial charge in [0.1, 0.15) is 5.75 Å². The fraction of sp³-hybridized carbons (Fsp3) is 0.455. The second-order valence-corrected chi connectivity index (χ2v) is 4.20. The molecule has 0 aliphatic heterocycles. The summed E-state index contributed by atoms with van der Waals surface area (Å²) >= 11 is 3.41. The molecule has 1 atom stereocenters. The fourth-order valence-corrected chi connectivity index (χ4v) is 1.73. The first-order chi connectivity index (χ1) is 7.17. The Bertz CT molecular complexity index is 317. The van der Waals surface area contributed by atoms with E-state index in [2.05, 4.69) is 28.2 Å². The molecule has 0 heterocycles. The maximum absolute atomic E-state index is 5.21. The summed E-state index contributed by atoms with van der Waals surface area (Å²) in [4.78, 5) is 0. The van der Waals surface area contributed by atoms with Gasteiger partial charge in [-0.3, -0.25) is 0 Å². The van der Waals surface area contributed by atoms with Crippen LogP contribution >= 0.6 is 15.9 Å². The zero-order valence-corrected chi connectivity index (χ0v) is 10.8. The quantitative estimate of drug-likeness (QED) is 0.895. The van der Waals surface area contributed by atoms with Crippen LogP contribution in [-0.2, 0) is 4.74 Å². The van der Waals surface area contributed by atoms with E-state index in [1.165, 1.54) is 0 Å². The maximum atomic E-state index is 5.21. The maximum Gasteiger partial charge on any atom is 0.135 e. The van der Waals surface area contributed by atoms with Gasteiger partial charge in [0, 0.05) is 24.9 Å². The van der Waals surface area contributed by atoms with Gasteiger partial charge in [0.15, 0.2) is 0 Å². The predicted molar refractivity (Wildman–Crippen MR) is 65.7 cm³/mol. The molecule has 0 aliphatic carbocycles. The van der Waals surface area contributed by atoms with E-state index >= 15 is 0 Å². The summed E-state index contributed by atoms with van der Waals surface area (Å²) < 4.78 is 11.2. The summed E-state index contributed by atoms with van der Waals surface area (Å²) in [6.07, 6.45) is 0. The molecular weight excluding hydrogens is 258 g/mol. The number of halogens is 1. The highest BCUT2D eigenvalue weighted by Crippen LogP contribution is 2.27. The topological polar surface area (TPSA) is 30.5 Å². The molecule has 0 radical (unpaired) electrons. The van der Waals surface area contributed by atoms with Crippen LogP contribution in [0.2, 0.25) is 0 Å². The first-order valence-electron chi connectivity index (χ1n) is 4.76. The largest absolute Gasteiger partial charge is 0.495 e. The molecule has 4 heteroatoms. The summed E-state index contributed by atoms with van der Waals surface area (Å²) in [6, 6.07) is 6.19. The third-order valence-corrected chi connectivity index (χ3v) is 2.64. The molecule has 0 saturated heterocycles. The number of benzene rings is 1. The molecule has 0 saturated carbocycles. The molecule has 1 rings (SSSR count). The van der Waals surface area contributed by atoms with Crippen LogP contribution < -0.4 is 10.1 Å². The lowest BCUT2D eigenvalue weighted by atomic mass is 10.2. The minimum atomic E-state index is 0.279. The van der Waals surface area contributed by atoms with E-state index in [0.717, 1.165) is 15.9 Å². The Balaban J connectivity index is 2.69. The summed E-state index contributed by atoms with van der Waals surface area (Å²) in [5.41, 5.74) is 1.03. The van der Waals surface area contributed by atoms with Gasteiger partial charge in [-0.1, -0.05) is 0 Å². The molecule has 0 aromatic heterocycles. The average Bonchev–Trinajstić information content (AvgIpc) is 2.21. The Kier molecular flexibility index (Phi) is 4.91. The zero-order valence-electron chi connectivity index (χ0n) is 9.21. The van der Waals surface area contributed by atoms with Gasteiger partial charge in [0.05, 0.1) is 18.2 Å². The first-order valence-corrected chi connectivity index (χ1v) is 5.55.